The number of nitrogens with zero attached hydrogens (tertiary/aromatic N) is 3. The third-order valence-corrected chi connectivity index (χ3v) is 4.85. The molecule has 0 atom stereocenters. The zero-order valence-electron chi connectivity index (χ0n) is 11.7. The lowest BCUT2D eigenvalue weighted by Crippen LogP contribution is -2.05. The summed E-state index contributed by atoms with van der Waals surface area (Å²) in [6, 6.07) is 2.07. The molecule has 3 aromatic rings. The number of fused-ring (bicyclic) bond motifs is 1. The molecule has 1 N–H and O–H groups in total. The lowest BCUT2D eigenvalue weighted by molar-refractivity contribution is 0.949. The van der Waals surface area contributed by atoms with Crippen molar-refractivity contribution in [1.82, 2.24) is 15.0 Å². The van der Waals surface area contributed by atoms with E-state index in [1.54, 1.807) is 22.7 Å². The van der Waals surface area contributed by atoms with E-state index in [0.717, 1.165) is 39.0 Å². The van der Waals surface area contributed by atoms with Crippen LogP contribution >= 0.6 is 22.7 Å². The maximum atomic E-state index is 4.60. The Morgan fingerprint density at radius 2 is 2.05 bits per heavy atom. The van der Waals surface area contributed by atoms with Gasteiger partial charge in [-0.1, -0.05) is 6.92 Å². The number of hydrogen-bond acceptors (Lipinski definition) is 6. The van der Waals surface area contributed by atoms with Crippen LogP contribution in [-0.4, -0.2) is 15.0 Å². The van der Waals surface area contributed by atoms with E-state index in [1.807, 2.05) is 6.92 Å². The topological polar surface area (TPSA) is 50.7 Å². The molecule has 0 aliphatic carbocycles. The molecule has 3 heterocycles. The molecular weight excluding hydrogens is 288 g/mol. The molecule has 0 saturated carbocycles. The van der Waals surface area contributed by atoms with E-state index < -0.39 is 0 Å². The predicted molar refractivity (Wildman–Crippen MR) is 85.7 cm³/mol. The van der Waals surface area contributed by atoms with Gasteiger partial charge in [0.1, 0.15) is 16.5 Å². The Hall–Kier alpha value is -1.53. The fraction of sp³-hybridized carbons (Fsp3) is 0.357. The molecule has 0 aromatic carbocycles. The molecule has 0 aliphatic heterocycles. The Labute approximate surface area is 125 Å². The lowest BCUT2D eigenvalue weighted by Gasteiger charge is -2.07. The quantitative estimate of drug-likeness (QED) is 0.793. The third-order valence-electron chi connectivity index (χ3n) is 3.11. The van der Waals surface area contributed by atoms with E-state index in [4.69, 9.17) is 0 Å². The summed E-state index contributed by atoms with van der Waals surface area (Å²) >= 11 is 3.39. The Kier molecular flexibility index (Phi) is 3.67. The number of aromatic nitrogens is 3. The summed E-state index contributed by atoms with van der Waals surface area (Å²) in [4.78, 5) is 16.0. The first-order valence-corrected chi connectivity index (χ1v) is 8.28. The number of nitrogens with one attached hydrogen (secondary N) is 1. The molecule has 20 heavy (non-hydrogen) atoms. The number of hydrogen-bond donors (Lipinski definition) is 1. The van der Waals surface area contributed by atoms with Gasteiger partial charge in [-0.25, -0.2) is 15.0 Å². The van der Waals surface area contributed by atoms with Gasteiger partial charge >= 0.3 is 0 Å². The second-order valence-corrected chi connectivity index (χ2v) is 6.87. The van der Waals surface area contributed by atoms with Gasteiger partial charge in [-0.2, -0.15) is 0 Å². The Morgan fingerprint density at radius 3 is 2.75 bits per heavy atom. The second kappa shape index (κ2) is 5.46. The maximum absolute atomic E-state index is 4.60. The fourth-order valence-electron chi connectivity index (χ4n) is 2.10. The molecule has 104 valence electrons. The summed E-state index contributed by atoms with van der Waals surface area (Å²) in [6.07, 6.45) is 0.845. The van der Waals surface area contributed by atoms with Crippen LogP contribution in [-0.2, 0) is 13.0 Å². The number of rotatable bonds is 4. The van der Waals surface area contributed by atoms with Gasteiger partial charge in [0.15, 0.2) is 0 Å². The minimum Gasteiger partial charge on any atom is -0.364 e. The molecule has 3 aromatic heterocycles. The number of anilines is 1. The highest BCUT2D eigenvalue weighted by Crippen LogP contribution is 2.26. The summed E-state index contributed by atoms with van der Waals surface area (Å²) in [5.74, 6) is 1.80. The van der Waals surface area contributed by atoms with Crippen molar-refractivity contribution < 1.29 is 0 Å². The van der Waals surface area contributed by atoms with Crippen molar-refractivity contribution in [3.8, 4) is 0 Å². The Morgan fingerprint density at radius 1 is 1.20 bits per heavy atom. The van der Waals surface area contributed by atoms with Crippen LogP contribution in [0.2, 0.25) is 0 Å². The monoisotopic (exact) mass is 304 g/mol. The van der Waals surface area contributed by atoms with Crippen LogP contribution in [0.15, 0.2) is 11.4 Å². The molecule has 0 amide bonds. The molecule has 0 aliphatic rings. The molecule has 6 heteroatoms. The minimum atomic E-state index is 0.710. The zero-order valence-corrected chi connectivity index (χ0v) is 13.4. The van der Waals surface area contributed by atoms with Gasteiger partial charge in [0, 0.05) is 11.3 Å². The first-order valence-electron chi connectivity index (χ1n) is 6.58. The molecule has 0 spiro atoms. The summed E-state index contributed by atoms with van der Waals surface area (Å²) in [5, 5.41) is 7.68. The Balaban J connectivity index is 1.90. The van der Waals surface area contributed by atoms with E-state index in [9.17, 15) is 0 Å². The van der Waals surface area contributed by atoms with Crippen LogP contribution < -0.4 is 5.32 Å². The SMILES string of the molecule is CCc1nc(NCc2nc(C)sc2C)c2ccsc2n1. The van der Waals surface area contributed by atoms with Crippen molar-refractivity contribution in [3.63, 3.8) is 0 Å². The van der Waals surface area contributed by atoms with Gasteiger partial charge < -0.3 is 5.32 Å². The molecular formula is C14H16N4S2. The van der Waals surface area contributed by atoms with Crippen LogP contribution in [0.1, 0.15) is 28.3 Å². The van der Waals surface area contributed by atoms with Gasteiger partial charge in [0.2, 0.25) is 0 Å². The molecule has 3 rings (SSSR count). The first kappa shape index (κ1) is 13.5. The average Bonchev–Trinajstić information content (AvgIpc) is 3.02. The normalized spacial score (nSPS) is 11.2. The number of aryl methyl sites for hydroxylation is 3. The van der Waals surface area contributed by atoms with Crippen LogP contribution in [0.25, 0.3) is 10.2 Å². The van der Waals surface area contributed by atoms with Crippen LogP contribution in [0.4, 0.5) is 5.82 Å². The fourth-order valence-corrected chi connectivity index (χ4v) is 3.71. The smallest absolute Gasteiger partial charge is 0.138 e. The summed E-state index contributed by atoms with van der Waals surface area (Å²) in [5.41, 5.74) is 1.10. The van der Waals surface area contributed by atoms with Gasteiger partial charge in [-0.3, -0.25) is 0 Å². The largest absolute Gasteiger partial charge is 0.364 e. The maximum Gasteiger partial charge on any atom is 0.138 e. The van der Waals surface area contributed by atoms with Gasteiger partial charge in [-0.05, 0) is 25.3 Å². The number of thiazole rings is 1. The van der Waals surface area contributed by atoms with Gasteiger partial charge in [0.25, 0.3) is 0 Å². The summed E-state index contributed by atoms with van der Waals surface area (Å²) in [6.45, 7) is 6.94. The van der Waals surface area contributed by atoms with Crippen LogP contribution in [0.3, 0.4) is 0 Å². The Bertz CT molecular complexity index is 745. The minimum absolute atomic E-state index is 0.710. The highest BCUT2D eigenvalue weighted by atomic mass is 32.1. The van der Waals surface area contributed by atoms with Crippen molar-refractivity contribution in [1.29, 1.82) is 0 Å². The molecule has 0 unspecified atom stereocenters. The van der Waals surface area contributed by atoms with E-state index in [1.165, 1.54) is 4.88 Å². The average molecular weight is 304 g/mol. The van der Waals surface area contributed by atoms with Gasteiger partial charge in [-0.15, -0.1) is 22.7 Å². The predicted octanol–water partition coefficient (Wildman–Crippen LogP) is 3.94. The molecule has 0 radical (unpaired) electrons. The lowest BCUT2D eigenvalue weighted by atomic mass is 10.3. The van der Waals surface area contributed by atoms with Crippen molar-refractivity contribution in [2.24, 2.45) is 0 Å². The van der Waals surface area contributed by atoms with Gasteiger partial charge in [0.05, 0.1) is 22.6 Å². The summed E-state index contributed by atoms with van der Waals surface area (Å²) < 4.78 is 0. The zero-order chi connectivity index (χ0) is 14.1. The standard InChI is InChI=1S/C14H16N4S2/c1-4-12-17-13(10-5-6-19-14(10)18-12)15-7-11-8(2)20-9(3)16-11/h5-6H,4,7H2,1-3H3,(H,15,17,18). The van der Waals surface area contributed by atoms with Crippen molar-refractivity contribution in [2.45, 2.75) is 33.7 Å². The van der Waals surface area contributed by atoms with E-state index in [-0.39, 0.29) is 0 Å². The van der Waals surface area contributed by atoms with Crippen molar-refractivity contribution in [3.05, 3.63) is 32.8 Å². The second-order valence-electron chi connectivity index (χ2n) is 4.57. The van der Waals surface area contributed by atoms with E-state index >= 15 is 0 Å². The van der Waals surface area contributed by atoms with Crippen molar-refractivity contribution in [2.75, 3.05) is 5.32 Å². The van der Waals surface area contributed by atoms with Crippen LogP contribution in [0, 0.1) is 13.8 Å². The highest BCUT2D eigenvalue weighted by molar-refractivity contribution is 7.16. The highest BCUT2D eigenvalue weighted by Gasteiger charge is 2.10. The molecule has 0 bridgehead atoms. The number of thiophene rings is 1. The van der Waals surface area contributed by atoms with E-state index in [0.29, 0.717) is 6.54 Å². The first-order chi connectivity index (χ1) is 9.67. The van der Waals surface area contributed by atoms with Crippen LogP contribution in [0.5, 0.6) is 0 Å². The van der Waals surface area contributed by atoms with Crippen molar-refractivity contribution >= 4 is 38.7 Å². The molecule has 0 fully saturated rings. The summed E-state index contributed by atoms with van der Waals surface area (Å²) in [7, 11) is 0. The van der Waals surface area contributed by atoms with E-state index in [2.05, 4.69) is 45.6 Å². The third kappa shape index (κ3) is 2.53. The molecule has 4 nitrogen and oxygen atoms in total. The molecule has 0 saturated heterocycles.